The highest BCUT2D eigenvalue weighted by Gasteiger charge is 2.17. The molecule has 0 aliphatic rings. The highest BCUT2D eigenvalue weighted by atomic mass is 16.5. The van der Waals surface area contributed by atoms with E-state index in [1.165, 1.54) is 17.9 Å². The number of nitrogens with one attached hydrogen (secondary N) is 1. The van der Waals surface area contributed by atoms with Gasteiger partial charge in [-0.1, -0.05) is 11.2 Å². The van der Waals surface area contributed by atoms with Crippen LogP contribution in [0.15, 0.2) is 56.7 Å². The van der Waals surface area contributed by atoms with E-state index in [0.717, 1.165) is 10.1 Å². The predicted molar refractivity (Wildman–Crippen MR) is 123 cm³/mol. The van der Waals surface area contributed by atoms with Crippen molar-refractivity contribution in [2.45, 2.75) is 26.4 Å². The number of fused-ring (bicyclic) bond motifs is 1. The van der Waals surface area contributed by atoms with Crippen LogP contribution >= 0.6 is 0 Å². The van der Waals surface area contributed by atoms with Crippen molar-refractivity contribution in [2.75, 3.05) is 19.5 Å². The molecule has 0 aliphatic carbocycles. The molecule has 4 aromatic rings. The number of nitrogens with zero attached hydrogens (tertiary/aromatic N) is 4. The maximum Gasteiger partial charge on any atom is 0.332 e. The van der Waals surface area contributed by atoms with Gasteiger partial charge >= 0.3 is 5.69 Å². The molecule has 0 unspecified atom stereocenters. The Morgan fingerprint density at radius 2 is 1.88 bits per heavy atom. The topological polar surface area (TPSA) is 130 Å². The average molecular weight is 465 g/mol. The number of pyridine rings is 1. The molecule has 4 rings (SSSR count). The van der Waals surface area contributed by atoms with Crippen LogP contribution < -0.4 is 26.0 Å². The lowest BCUT2D eigenvalue weighted by Crippen LogP contribution is -2.42. The molecular formula is C23H23N5O6. The SMILES string of the molecule is COc1ccc(CCn2c(=O)c3ncccc3n(CC(=O)Nc3cc(C)on3)c2=O)cc1OC. The van der Waals surface area contributed by atoms with Crippen molar-refractivity contribution in [3.8, 4) is 11.5 Å². The molecule has 1 aromatic carbocycles. The molecule has 0 fully saturated rings. The van der Waals surface area contributed by atoms with E-state index in [2.05, 4.69) is 15.5 Å². The van der Waals surface area contributed by atoms with E-state index in [9.17, 15) is 14.4 Å². The maximum atomic E-state index is 13.3. The van der Waals surface area contributed by atoms with Gasteiger partial charge in [0.15, 0.2) is 22.8 Å². The van der Waals surface area contributed by atoms with Crippen LogP contribution in [0.3, 0.4) is 0 Å². The van der Waals surface area contributed by atoms with Crippen molar-refractivity contribution in [1.29, 1.82) is 0 Å². The van der Waals surface area contributed by atoms with Gasteiger partial charge in [0.25, 0.3) is 5.56 Å². The molecular weight excluding hydrogens is 442 g/mol. The van der Waals surface area contributed by atoms with E-state index in [4.69, 9.17) is 14.0 Å². The summed E-state index contributed by atoms with van der Waals surface area (Å²) in [6.45, 7) is 1.45. The standard InChI is InChI=1S/C23H23N5O6/c1-14-11-19(26-34-14)25-20(29)13-28-16-5-4-9-24-21(16)22(30)27(23(28)31)10-8-15-6-7-17(32-2)18(12-15)33-3/h4-7,9,11-12H,8,10,13H2,1-3H3,(H,25,26,29). The summed E-state index contributed by atoms with van der Waals surface area (Å²) in [5.74, 6) is 1.40. The summed E-state index contributed by atoms with van der Waals surface area (Å²) in [7, 11) is 3.08. The zero-order chi connectivity index (χ0) is 24.2. The smallest absolute Gasteiger partial charge is 0.332 e. The minimum absolute atomic E-state index is 0.0871. The molecule has 0 bridgehead atoms. The number of hydrogen-bond acceptors (Lipinski definition) is 8. The molecule has 11 heteroatoms. The fraction of sp³-hybridized carbons (Fsp3) is 0.261. The van der Waals surface area contributed by atoms with E-state index < -0.39 is 17.2 Å². The molecule has 0 spiro atoms. The molecule has 176 valence electrons. The number of ether oxygens (including phenoxy) is 2. The van der Waals surface area contributed by atoms with Gasteiger partial charge < -0.3 is 19.3 Å². The molecule has 0 radical (unpaired) electrons. The van der Waals surface area contributed by atoms with Crippen molar-refractivity contribution >= 4 is 22.8 Å². The van der Waals surface area contributed by atoms with Gasteiger partial charge in [-0.15, -0.1) is 0 Å². The second kappa shape index (κ2) is 9.61. The first-order chi connectivity index (χ1) is 16.4. The summed E-state index contributed by atoms with van der Waals surface area (Å²) in [6.07, 6.45) is 1.84. The monoisotopic (exact) mass is 465 g/mol. The molecule has 0 saturated heterocycles. The first-order valence-electron chi connectivity index (χ1n) is 10.4. The van der Waals surface area contributed by atoms with Gasteiger partial charge in [0, 0.05) is 18.8 Å². The predicted octanol–water partition coefficient (Wildman–Crippen LogP) is 1.75. The van der Waals surface area contributed by atoms with Gasteiger partial charge in [-0.25, -0.2) is 9.78 Å². The molecule has 0 saturated carbocycles. The van der Waals surface area contributed by atoms with Crippen LogP contribution in [0.1, 0.15) is 11.3 Å². The van der Waals surface area contributed by atoms with Crippen molar-refractivity contribution in [1.82, 2.24) is 19.3 Å². The van der Waals surface area contributed by atoms with Gasteiger partial charge in [0.1, 0.15) is 12.3 Å². The number of carbonyl (C=O) groups is 1. The Morgan fingerprint density at radius 3 is 2.59 bits per heavy atom. The van der Waals surface area contributed by atoms with E-state index in [1.807, 2.05) is 6.07 Å². The van der Waals surface area contributed by atoms with Crippen LogP contribution in [0.4, 0.5) is 5.82 Å². The normalized spacial score (nSPS) is 10.9. The lowest BCUT2D eigenvalue weighted by Gasteiger charge is -2.14. The second-order valence-corrected chi connectivity index (χ2v) is 7.51. The number of amides is 1. The summed E-state index contributed by atoms with van der Waals surface area (Å²) in [6, 6.07) is 10.1. The molecule has 1 amide bonds. The third-order valence-corrected chi connectivity index (χ3v) is 5.26. The Labute approximate surface area is 193 Å². The van der Waals surface area contributed by atoms with Crippen LogP contribution in [0, 0.1) is 6.92 Å². The fourth-order valence-corrected chi connectivity index (χ4v) is 3.62. The average Bonchev–Trinajstić information content (AvgIpc) is 3.25. The van der Waals surface area contributed by atoms with Crippen molar-refractivity contribution < 1.29 is 18.8 Å². The van der Waals surface area contributed by atoms with Gasteiger partial charge in [-0.05, 0) is 43.2 Å². The first kappa shape index (κ1) is 22.8. The van der Waals surface area contributed by atoms with Crippen molar-refractivity contribution in [3.63, 3.8) is 0 Å². The Kier molecular flexibility index (Phi) is 6.44. The van der Waals surface area contributed by atoms with E-state index >= 15 is 0 Å². The summed E-state index contributed by atoms with van der Waals surface area (Å²) >= 11 is 0. The number of rotatable bonds is 8. The second-order valence-electron chi connectivity index (χ2n) is 7.51. The van der Waals surface area contributed by atoms with Gasteiger partial charge in [-0.3, -0.25) is 18.7 Å². The molecule has 3 aromatic heterocycles. The van der Waals surface area contributed by atoms with Crippen LogP contribution in [0.2, 0.25) is 0 Å². The maximum absolute atomic E-state index is 13.3. The Morgan fingerprint density at radius 1 is 1.09 bits per heavy atom. The van der Waals surface area contributed by atoms with E-state index in [0.29, 0.717) is 23.7 Å². The fourth-order valence-electron chi connectivity index (χ4n) is 3.62. The van der Waals surface area contributed by atoms with Crippen LogP contribution in [0.5, 0.6) is 11.5 Å². The van der Waals surface area contributed by atoms with Crippen molar-refractivity contribution in [3.05, 3.63) is 74.8 Å². The highest BCUT2D eigenvalue weighted by molar-refractivity contribution is 5.90. The lowest BCUT2D eigenvalue weighted by atomic mass is 10.1. The molecule has 0 atom stereocenters. The van der Waals surface area contributed by atoms with E-state index in [1.54, 1.807) is 44.4 Å². The highest BCUT2D eigenvalue weighted by Crippen LogP contribution is 2.27. The summed E-state index contributed by atoms with van der Waals surface area (Å²) in [5, 5.41) is 6.30. The number of benzene rings is 1. The number of aromatic nitrogens is 4. The third-order valence-electron chi connectivity index (χ3n) is 5.26. The molecule has 1 N–H and O–H groups in total. The first-order valence-corrected chi connectivity index (χ1v) is 10.4. The molecule has 11 nitrogen and oxygen atoms in total. The van der Waals surface area contributed by atoms with Crippen LogP contribution in [-0.2, 0) is 24.3 Å². The minimum Gasteiger partial charge on any atom is -0.493 e. The van der Waals surface area contributed by atoms with Gasteiger partial charge in [-0.2, -0.15) is 0 Å². The zero-order valence-electron chi connectivity index (χ0n) is 18.9. The number of aryl methyl sites for hydroxylation is 2. The van der Waals surface area contributed by atoms with Gasteiger partial charge in [0.2, 0.25) is 5.91 Å². The lowest BCUT2D eigenvalue weighted by molar-refractivity contribution is -0.116. The third kappa shape index (κ3) is 4.53. The van der Waals surface area contributed by atoms with Crippen molar-refractivity contribution in [2.24, 2.45) is 0 Å². The van der Waals surface area contributed by atoms with Gasteiger partial charge in [0.05, 0.1) is 19.7 Å². The quantitative estimate of drug-likeness (QED) is 0.417. The largest absolute Gasteiger partial charge is 0.493 e. The van der Waals surface area contributed by atoms with E-state index in [-0.39, 0.29) is 29.9 Å². The zero-order valence-corrected chi connectivity index (χ0v) is 18.9. The summed E-state index contributed by atoms with van der Waals surface area (Å²) in [4.78, 5) is 43.1. The van der Waals surface area contributed by atoms with Crippen LogP contribution in [0.25, 0.3) is 11.0 Å². The molecule has 0 aliphatic heterocycles. The molecule has 34 heavy (non-hydrogen) atoms. The Balaban J connectivity index is 1.67. The number of hydrogen-bond donors (Lipinski definition) is 1. The van der Waals surface area contributed by atoms with Crippen LogP contribution in [-0.4, -0.2) is 39.4 Å². The summed E-state index contributed by atoms with van der Waals surface area (Å²) < 4.78 is 17.8. The Hall–Kier alpha value is -4.41. The Bertz CT molecular complexity index is 1470. The molecule has 3 heterocycles. The number of carbonyl (C=O) groups excluding carboxylic acids is 1. The number of methoxy groups -OCH3 is 2. The number of anilines is 1. The summed E-state index contributed by atoms with van der Waals surface area (Å²) in [5.41, 5.74) is 0.0731. The minimum atomic E-state index is -0.613.